The summed E-state index contributed by atoms with van der Waals surface area (Å²) < 4.78 is 0. The lowest BCUT2D eigenvalue weighted by Gasteiger charge is -2.34. The minimum Gasteiger partial charge on any atom is -0.335 e. The molecule has 8 heteroatoms. The second-order valence-corrected chi connectivity index (χ2v) is 8.55. The van der Waals surface area contributed by atoms with Gasteiger partial charge in [0.25, 0.3) is 5.91 Å². The Kier molecular flexibility index (Phi) is 6.99. The highest BCUT2D eigenvalue weighted by Crippen LogP contribution is 2.31. The Bertz CT molecular complexity index is 841. The Hall–Kier alpha value is -1.60. The van der Waals surface area contributed by atoms with Gasteiger partial charge in [-0.2, -0.15) is 0 Å². The van der Waals surface area contributed by atoms with Crippen molar-refractivity contribution in [3.63, 3.8) is 0 Å². The van der Waals surface area contributed by atoms with Crippen molar-refractivity contribution in [2.45, 2.75) is 19.3 Å². The summed E-state index contributed by atoms with van der Waals surface area (Å²) in [6.07, 6.45) is 3.43. The Balaban J connectivity index is 0.00000225. The van der Waals surface area contributed by atoms with E-state index in [2.05, 4.69) is 16.3 Å². The number of hydrogen-bond donors (Lipinski definition) is 1. The van der Waals surface area contributed by atoms with Gasteiger partial charge in [-0.05, 0) is 43.0 Å². The molecule has 0 saturated carbocycles. The Labute approximate surface area is 180 Å². The molecule has 2 amide bonds. The van der Waals surface area contributed by atoms with Gasteiger partial charge in [-0.25, -0.2) is 0 Å². The minimum atomic E-state index is -0.0856. The zero-order valence-corrected chi connectivity index (χ0v) is 17.8. The largest absolute Gasteiger partial charge is 0.335 e. The van der Waals surface area contributed by atoms with E-state index in [4.69, 9.17) is 11.6 Å². The van der Waals surface area contributed by atoms with Crippen LogP contribution in [0.1, 0.15) is 26.5 Å². The van der Waals surface area contributed by atoms with Gasteiger partial charge in [-0.3, -0.25) is 14.5 Å². The first-order chi connectivity index (χ1) is 13.1. The number of rotatable bonds is 4. The van der Waals surface area contributed by atoms with Gasteiger partial charge < -0.3 is 10.2 Å². The van der Waals surface area contributed by atoms with Crippen LogP contribution in [0.3, 0.4) is 0 Å². The van der Waals surface area contributed by atoms with E-state index in [1.807, 2.05) is 17.0 Å². The van der Waals surface area contributed by atoms with Crippen molar-refractivity contribution >= 4 is 52.8 Å². The summed E-state index contributed by atoms with van der Waals surface area (Å²) in [6.45, 7) is 3.02. The number of aryl methyl sites for hydroxylation is 2. The number of carbonyl (C=O) groups excluding carboxylic acids is 2. The van der Waals surface area contributed by atoms with Crippen LogP contribution < -0.4 is 5.32 Å². The molecular weight excluding hydrogens is 417 g/mol. The van der Waals surface area contributed by atoms with Crippen LogP contribution in [0.2, 0.25) is 5.02 Å². The SMILES string of the molecule is Cl.O=C(CN1CCN(C(=O)c2cc3c(s2)CCC3)CC1)Nc1ccccc1Cl. The molecule has 2 aromatic rings. The fraction of sp³-hybridized carbons (Fsp3) is 0.400. The zero-order chi connectivity index (χ0) is 18.8. The van der Waals surface area contributed by atoms with Crippen LogP contribution >= 0.6 is 35.3 Å². The van der Waals surface area contributed by atoms with Crippen LogP contribution in [0.4, 0.5) is 5.69 Å². The van der Waals surface area contributed by atoms with Gasteiger partial charge in [0.1, 0.15) is 0 Å². The van der Waals surface area contributed by atoms with Crippen LogP contribution in [-0.4, -0.2) is 54.3 Å². The molecule has 0 radical (unpaired) electrons. The quantitative estimate of drug-likeness (QED) is 0.789. The van der Waals surface area contributed by atoms with E-state index in [-0.39, 0.29) is 24.2 Å². The van der Waals surface area contributed by atoms with Crippen molar-refractivity contribution in [1.82, 2.24) is 9.80 Å². The van der Waals surface area contributed by atoms with Crippen LogP contribution in [0, 0.1) is 0 Å². The minimum absolute atomic E-state index is 0. The first kappa shape index (κ1) is 21.1. The highest BCUT2D eigenvalue weighted by Gasteiger charge is 2.26. The predicted octanol–water partition coefficient (Wildman–Crippen LogP) is 3.71. The fourth-order valence-electron chi connectivity index (χ4n) is 3.65. The molecule has 0 unspecified atom stereocenters. The second kappa shape index (κ2) is 9.27. The number of fused-ring (bicyclic) bond motifs is 1. The van der Waals surface area contributed by atoms with E-state index < -0.39 is 0 Å². The molecule has 2 heterocycles. The molecule has 1 fully saturated rings. The van der Waals surface area contributed by atoms with Crippen molar-refractivity contribution in [2.75, 3.05) is 38.0 Å². The molecule has 0 atom stereocenters. The number of amides is 2. The summed E-state index contributed by atoms with van der Waals surface area (Å²) in [5.41, 5.74) is 1.99. The van der Waals surface area contributed by atoms with Gasteiger partial charge in [-0.1, -0.05) is 23.7 Å². The van der Waals surface area contributed by atoms with Gasteiger partial charge in [0.15, 0.2) is 0 Å². The van der Waals surface area contributed by atoms with Crippen molar-refractivity contribution in [1.29, 1.82) is 0 Å². The molecule has 150 valence electrons. The molecule has 5 nitrogen and oxygen atoms in total. The van der Waals surface area contributed by atoms with E-state index in [0.29, 0.717) is 43.4 Å². The number of para-hydroxylation sites is 1. The molecule has 1 aromatic heterocycles. The average Bonchev–Trinajstić information content (AvgIpc) is 3.26. The number of nitrogens with one attached hydrogen (secondary N) is 1. The predicted molar refractivity (Wildman–Crippen MR) is 116 cm³/mol. The summed E-state index contributed by atoms with van der Waals surface area (Å²) in [5, 5.41) is 3.38. The Morgan fingerprint density at radius 1 is 1.11 bits per heavy atom. The maximum atomic E-state index is 12.7. The summed E-state index contributed by atoms with van der Waals surface area (Å²) in [7, 11) is 0. The Morgan fingerprint density at radius 3 is 2.57 bits per heavy atom. The van der Waals surface area contributed by atoms with E-state index in [9.17, 15) is 9.59 Å². The summed E-state index contributed by atoms with van der Waals surface area (Å²) in [6, 6.07) is 9.29. The normalized spacial score (nSPS) is 16.4. The number of carbonyl (C=O) groups is 2. The van der Waals surface area contributed by atoms with Crippen LogP contribution in [0.5, 0.6) is 0 Å². The second-order valence-electron chi connectivity index (χ2n) is 7.01. The third-order valence-corrected chi connectivity index (χ3v) is 6.69. The lowest BCUT2D eigenvalue weighted by Crippen LogP contribution is -2.50. The van der Waals surface area contributed by atoms with Crippen LogP contribution in [-0.2, 0) is 17.6 Å². The highest BCUT2D eigenvalue weighted by atomic mass is 35.5. The van der Waals surface area contributed by atoms with Gasteiger partial charge in [0.2, 0.25) is 5.91 Å². The summed E-state index contributed by atoms with van der Waals surface area (Å²) >= 11 is 7.74. The van der Waals surface area contributed by atoms with Crippen molar-refractivity contribution in [3.05, 3.63) is 50.7 Å². The Morgan fingerprint density at radius 2 is 1.86 bits per heavy atom. The van der Waals surface area contributed by atoms with Gasteiger partial charge in [0.05, 0.1) is 22.1 Å². The molecule has 1 saturated heterocycles. The smallest absolute Gasteiger partial charge is 0.264 e. The summed E-state index contributed by atoms with van der Waals surface area (Å²) in [5.74, 6) is 0.0483. The van der Waals surface area contributed by atoms with Crippen LogP contribution in [0.15, 0.2) is 30.3 Å². The molecule has 1 aliphatic carbocycles. The third kappa shape index (κ3) is 4.69. The van der Waals surface area contributed by atoms with E-state index in [1.165, 1.54) is 16.9 Å². The first-order valence-corrected chi connectivity index (χ1v) is 10.5. The van der Waals surface area contributed by atoms with Gasteiger partial charge >= 0.3 is 0 Å². The maximum Gasteiger partial charge on any atom is 0.264 e. The number of nitrogens with zero attached hydrogens (tertiary/aromatic N) is 2. The number of hydrogen-bond acceptors (Lipinski definition) is 4. The number of thiophene rings is 1. The molecule has 0 spiro atoms. The molecule has 2 aliphatic rings. The number of anilines is 1. The topological polar surface area (TPSA) is 52.7 Å². The van der Waals surface area contributed by atoms with Gasteiger partial charge in [0, 0.05) is 31.1 Å². The molecular formula is C20H23Cl2N3O2S. The monoisotopic (exact) mass is 439 g/mol. The zero-order valence-electron chi connectivity index (χ0n) is 15.4. The van der Waals surface area contributed by atoms with E-state index >= 15 is 0 Å². The molecule has 1 aliphatic heterocycles. The number of piperazine rings is 1. The molecule has 1 aromatic carbocycles. The average molecular weight is 440 g/mol. The van der Waals surface area contributed by atoms with Crippen molar-refractivity contribution in [3.8, 4) is 0 Å². The maximum absolute atomic E-state index is 12.7. The number of benzene rings is 1. The van der Waals surface area contributed by atoms with Crippen LogP contribution in [0.25, 0.3) is 0 Å². The highest BCUT2D eigenvalue weighted by molar-refractivity contribution is 7.14. The third-order valence-electron chi connectivity index (χ3n) is 5.13. The van der Waals surface area contributed by atoms with Gasteiger partial charge in [-0.15, -0.1) is 23.7 Å². The van der Waals surface area contributed by atoms with Crippen molar-refractivity contribution < 1.29 is 9.59 Å². The number of halogens is 2. The lowest BCUT2D eigenvalue weighted by atomic mass is 10.2. The molecule has 28 heavy (non-hydrogen) atoms. The first-order valence-electron chi connectivity index (χ1n) is 9.28. The van der Waals surface area contributed by atoms with E-state index in [1.54, 1.807) is 23.5 Å². The fourth-order valence-corrected chi connectivity index (χ4v) is 5.06. The molecule has 0 bridgehead atoms. The molecule has 4 rings (SSSR count). The standard InChI is InChI=1S/C20H22ClN3O2S.ClH/c21-15-5-1-2-6-16(15)22-19(25)13-23-8-10-24(11-9-23)20(26)18-12-14-4-3-7-17(14)27-18;/h1-2,5-6,12H,3-4,7-11,13H2,(H,22,25);1H. The van der Waals surface area contributed by atoms with Crippen molar-refractivity contribution in [2.24, 2.45) is 0 Å². The van der Waals surface area contributed by atoms with E-state index in [0.717, 1.165) is 17.7 Å². The lowest BCUT2D eigenvalue weighted by molar-refractivity contribution is -0.117. The molecule has 1 N–H and O–H groups in total. The summed E-state index contributed by atoms with van der Waals surface area (Å²) in [4.78, 5) is 31.2.